The van der Waals surface area contributed by atoms with Crippen LogP contribution in [-0.4, -0.2) is 9.97 Å². The summed E-state index contributed by atoms with van der Waals surface area (Å²) < 4.78 is 0. The average molecular weight is 319 g/mol. The van der Waals surface area contributed by atoms with Crippen molar-refractivity contribution in [3.63, 3.8) is 0 Å². The third kappa shape index (κ3) is 4.02. The molecule has 0 aliphatic carbocycles. The SMILES string of the molecule is Cc1[nH]c(SCc2cccc(C#N)c2)nc1Cc1ccccc1. The number of hydrogen-bond acceptors (Lipinski definition) is 3. The van der Waals surface area contributed by atoms with Gasteiger partial charge in [0.2, 0.25) is 0 Å². The molecule has 3 rings (SSSR count). The number of nitrogens with one attached hydrogen (secondary N) is 1. The van der Waals surface area contributed by atoms with Crippen LogP contribution in [0.3, 0.4) is 0 Å². The van der Waals surface area contributed by atoms with Gasteiger partial charge in [0.15, 0.2) is 5.16 Å². The maximum absolute atomic E-state index is 8.95. The van der Waals surface area contributed by atoms with E-state index >= 15 is 0 Å². The van der Waals surface area contributed by atoms with E-state index in [0.717, 1.165) is 34.3 Å². The number of aromatic nitrogens is 2. The first-order valence-electron chi connectivity index (χ1n) is 7.46. The van der Waals surface area contributed by atoms with Gasteiger partial charge in [-0.05, 0) is 30.2 Å². The van der Waals surface area contributed by atoms with Crippen molar-refractivity contribution in [2.45, 2.75) is 24.3 Å². The molecule has 1 aromatic heterocycles. The summed E-state index contributed by atoms with van der Waals surface area (Å²) >= 11 is 1.66. The van der Waals surface area contributed by atoms with Crippen LogP contribution in [0.25, 0.3) is 0 Å². The number of H-pyrrole nitrogens is 1. The number of aromatic amines is 1. The normalized spacial score (nSPS) is 10.4. The Morgan fingerprint density at radius 2 is 1.87 bits per heavy atom. The molecule has 23 heavy (non-hydrogen) atoms. The Morgan fingerprint density at radius 1 is 1.09 bits per heavy atom. The smallest absolute Gasteiger partial charge is 0.166 e. The van der Waals surface area contributed by atoms with E-state index in [0.29, 0.717) is 5.56 Å². The van der Waals surface area contributed by atoms with Crippen LogP contribution in [0, 0.1) is 18.3 Å². The first kappa shape index (κ1) is 15.4. The Bertz CT molecular complexity index is 831. The second-order valence-corrected chi connectivity index (χ2v) is 6.34. The van der Waals surface area contributed by atoms with E-state index in [2.05, 4.69) is 42.2 Å². The van der Waals surface area contributed by atoms with Crippen molar-refractivity contribution in [2.24, 2.45) is 0 Å². The Kier molecular flexibility index (Phi) is 4.80. The maximum Gasteiger partial charge on any atom is 0.166 e. The summed E-state index contributed by atoms with van der Waals surface area (Å²) in [7, 11) is 0. The van der Waals surface area contributed by atoms with Crippen molar-refractivity contribution in [1.29, 1.82) is 5.26 Å². The second-order valence-electron chi connectivity index (χ2n) is 5.38. The highest BCUT2D eigenvalue weighted by Gasteiger charge is 2.08. The van der Waals surface area contributed by atoms with Crippen LogP contribution in [0.5, 0.6) is 0 Å². The minimum absolute atomic E-state index is 0.698. The predicted octanol–water partition coefficient (Wildman–Crippen LogP) is 4.47. The summed E-state index contributed by atoms with van der Waals surface area (Å²) in [6, 6.07) is 20.2. The van der Waals surface area contributed by atoms with Crippen molar-refractivity contribution in [1.82, 2.24) is 9.97 Å². The van der Waals surface area contributed by atoms with Gasteiger partial charge in [0.25, 0.3) is 0 Å². The molecule has 0 bridgehead atoms. The van der Waals surface area contributed by atoms with E-state index in [1.54, 1.807) is 11.8 Å². The summed E-state index contributed by atoms with van der Waals surface area (Å²) in [5.41, 5.74) is 5.29. The van der Waals surface area contributed by atoms with Crippen LogP contribution >= 0.6 is 11.8 Å². The monoisotopic (exact) mass is 319 g/mol. The minimum atomic E-state index is 0.698. The number of benzene rings is 2. The lowest BCUT2D eigenvalue weighted by molar-refractivity contribution is 1.01. The summed E-state index contributed by atoms with van der Waals surface area (Å²) in [6.45, 7) is 2.06. The largest absolute Gasteiger partial charge is 0.337 e. The summed E-state index contributed by atoms with van der Waals surface area (Å²) in [5.74, 6) is 0.799. The van der Waals surface area contributed by atoms with Crippen LogP contribution in [0.2, 0.25) is 0 Å². The minimum Gasteiger partial charge on any atom is -0.337 e. The molecular formula is C19H17N3S. The molecule has 0 atom stereocenters. The Morgan fingerprint density at radius 3 is 2.65 bits per heavy atom. The molecule has 0 saturated carbocycles. The molecule has 0 saturated heterocycles. The highest BCUT2D eigenvalue weighted by molar-refractivity contribution is 7.98. The number of rotatable bonds is 5. The number of thioether (sulfide) groups is 1. The third-order valence-corrected chi connectivity index (χ3v) is 4.55. The van der Waals surface area contributed by atoms with Gasteiger partial charge < -0.3 is 4.98 Å². The quantitative estimate of drug-likeness (QED) is 0.706. The Hall–Kier alpha value is -2.51. The van der Waals surface area contributed by atoms with E-state index in [1.807, 2.05) is 30.3 Å². The molecule has 0 radical (unpaired) electrons. The van der Waals surface area contributed by atoms with Gasteiger partial charge in [0, 0.05) is 17.9 Å². The van der Waals surface area contributed by atoms with Crippen LogP contribution < -0.4 is 0 Å². The number of imidazole rings is 1. The number of hydrogen-bond donors (Lipinski definition) is 1. The molecule has 1 heterocycles. The lowest BCUT2D eigenvalue weighted by atomic mass is 10.1. The van der Waals surface area contributed by atoms with Gasteiger partial charge in [-0.15, -0.1) is 0 Å². The molecule has 0 spiro atoms. The fourth-order valence-corrected chi connectivity index (χ4v) is 3.26. The van der Waals surface area contributed by atoms with E-state index in [4.69, 9.17) is 10.2 Å². The van der Waals surface area contributed by atoms with E-state index < -0.39 is 0 Å². The zero-order chi connectivity index (χ0) is 16.1. The van der Waals surface area contributed by atoms with Gasteiger partial charge in [-0.1, -0.05) is 54.2 Å². The molecule has 0 fully saturated rings. The molecule has 0 aliphatic heterocycles. The standard InChI is InChI=1S/C19H17N3S/c1-14-18(11-15-6-3-2-4-7-15)22-19(21-14)23-13-17-9-5-8-16(10-17)12-20/h2-10H,11,13H2,1H3,(H,21,22). The number of nitrogens with zero attached hydrogens (tertiary/aromatic N) is 2. The highest BCUT2D eigenvalue weighted by Crippen LogP contribution is 2.23. The van der Waals surface area contributed by atoms with Crippen molar-refractivity contribution in [3.8, 4) is 6.07 Å². The molecule has 0 amide bonds. The van der Waals surface area contributed by atoms with E-state index in [9.17, 15) is 0 Å². The first-order valence-corrected chi connectivity index (χ1v) is 8.44. The van der Waals surface area contributed by atoms with Gasteiger partial charge in [-0.2, -0.15) is 5.26 Å². The summed E-state index contributed by atoms with van der Waals surface area (Å²) in [5, 5.41) is 9.88. The lowest BCUT2D eigenvalue weighted by Crippen LogP contribution is -1.90. The van der Waals surface area contributed by atoms with Gasteiger partial charge in [-0.25, -0.2) is 4.98 Å². The Balaban J connectivity index is 1.67. The van der Waals surface area contributed by atoms with Crippen molar-refractivity contribution in [2.75, 3.05) is 0 Å². The zero-order valence-electron chi connectivity index (χ0n) is 12.9. The van der Waals surface area contributed by atoms with Crippen LogP contribution in [0.4, 0.5) is 0 Å². The number of aryl methyl sites for hydroxylation is 1. The van der Waals surface area contributed by atoms with Crippen LogP contribution in [-0.2, 0) is 12.2 Å². The molecule has 114 valence electrons. The van der Waals surface area contributed by atoms with Crippen molar-refractivity contribution in [3.05, 3.63) is 82.7 Å². The molecular weight excluding hydrogens is 302 g/mol. The lowest BCUT2D eigenvalue weighted by Gasteiger charge is -1.99. The predicted molar refractivity (Wildman–Crippen MR) is 93.3 cm³/mol. The van der Waals surface area contributed by atoms with Gasteiger partial charge in [0.05, 0.1) is 17.3 Å². The van der Waals surface area contributed by atoms with Gasteiger partial charge in [0.1, 0.15) is 0 Å². The van der Waals surface area contributed by atoms with Gasteiger partial charge in [-0.3, -0.25) is 0 Å². The molecule has 3 nitrogen and oxygen atoms in total. The second kappa shape index (κ2) is 7.17. The molecule has 0 aliphatic rings. The fraction of sp³-hybridized carbons (Fsp3) is 0.158. The molecule has 0 unspecified atom stereocenters. The Labute approximate surface area is 140 Å². The zero-order valence-corrected chi connectivity index (χ0v) is 13.7. The average Bonchev–Trinajstić information content (AvgIpc) is 2.94. The maximum atomic E-state index is 8.95. The topological polar surface area (TPSA) is 52.5 Å². The first-order chi connectivity index (χ1) is 11.2. The molecule has 1 N–H and O–H groups in total. The number of nitriles is 1. The third-order valence-electron chi connectivity index (χ3n) is 3.61. The van der Waals surface area contributed by atoms with E-state index in [-0.39, 0.29) is 0 Å². The van der Waals surface area contributed by atoms with Gasteiger partial charge >= 0.3 is 0 Å². The highest BCUT2D eigenvalue weighted by atomic mass is 32.2. The van der Waals surface area contributed by atoms with Crippen molar-refractivity contribution < 1.29 is 0 Å². The summed E-state index contributed by atoms with van der Waals surface area (Å²) in [6.07, 6.45) is 0.841. The van der Waals surface area contributed by atoms with Crippen LogP contribution in [0.15, 0.2) is 59.8 Å². The van der Waals surface area contributed by atoms with Crippen molar-refractivity contribution >= 4 is 11.8 Å². The summed E-state index contributed by atoms with van der Waals surface area (Å²) in [4.78, 5) is 8.06. The molecule has 2 aromatic carbocycles. The fourth-order valence-electron chi connectivity index (χ4n) is 2.38. The molecule has 4 heteroatoms. The van der Waals surface area contributed by atoms with Crippen LogP contribution in [0.1, 0.15) is 28.1 Å². The van der Waals surface area contributed by atoms with E-state index in [1.165, 1.54) is 5.56 Å². The molecule has 3 aromatic rings.